The zero-order valence-electron chi connectivity index (χ0n) is 11.0. The number of fused-ring (bicyclic) bond motifs is 1. The van der Waals surface area contributed by atoms with Crippen molar-refractivity contribution in [1.29, 1.82) is 0 Å². The molecular weight excluding hydrogens is 232 g/mol. The lowest BCUT2D eigenvalue weighted by Gasteiger charge is -2.18. The van der Waals surface area contributed by atoms with Crippen LogP contribution in [0.3, 0.4) is 0 Å². The molecule has 94 valence electrons. The first-order valence-corrected chi connectivity index (χ1v) is 6.64. The molecule has 0 heterocycles. The van der Waals surface area contributed by atoms with Crippen LogP contribution in [0.25, 0.3) is 6.08 Å². The maximum atomic E-state index is 12.5. The summed E-state index contributed by atoms with van der Waals surface area (Å²) in [6, 6.07) is 16.2. The predicted molar refractivity (Wildman–Crippen MR) is 78.2 cm³/mol. The van der Waals surface area contributed by atoms with Gasteiger partial charge in [0.15, 0.2) is 5.78 Å². The van der Waals surface area contributed by atoms with Gasteiger partial charge in [0.2, 0.25) is 0 Å². The van der Waals surface area contributed by atoms with Crippen molar-refractivity contribution in [2.75, 3.05) is 0 Å². The minimum absolute atomic E-state index is 0.189. The number of rotatable bonds is 1. The zero-order chi connectivity index (χ0) is 13.2. The van der Waals surface area contributed by atoms with E-state index in [-0.39, 0.29) is 5.78 Å². The van der Waals surface area contributed by atoms with Crippen LogP contribution in [0.4, 0.5) is 0 Å². The molecule has 2 aromatic carbocycles. The lowest BCUT2D eigenvalue weighted by atomic mass is 9.85. The number of aryl methyl sites for hydroxylation is 2. The lowest BCUT2D eigenvalue weighted by Crippen LogP contribution is -2.14. The number of Topliss-reactive ketones (excluding diaryl/α,β-unsaturated/α-hetero) is 1. The maximum Gasteiger partial charge on any atom is 0.189 e. The SMILES string of the molecule is Cc1ccc2c(c1)C(=O)/C(=C/c1ccccc1)CC2. The van der Waals surface area contributed by atoms with Crippen LogP contribution in [0.1, 0.15) is 33.5 Å². The van der Waals surface area contributed by atoms with Gasteiger partial charge >= 0.3 is 0 Å². The van der Waals surface area contributed by atoms with Crippen molar-refractivity contribution in [2.45, 2.75) is 19.8 Å². The monoisotopic (exact) mass is 248 g/mol. The Hall–Kier alpha value is -2.15. The molecule has 0 spiro atoms. The van der Waals surface area contributed by atoms with E-state index in [2.05, 4.69) is 12.1 Å². The summed E-state index contributed by atoms with van der Waals surface area (Å²) in [7, 11) is 0. The Morgan fingerprint density at radius 1 is 1.00 bits per heavy atom. The summed E-state index contributed by atoms with van der Waals surface area (Å²) in [6.07, 6.45) is 3.82. The predicted octanol–water partition coefficient (Wildman–Crippen LogP) is 4.21. The van der Waals surface area contributed by atoms with E-state index < -0.39 is 0 Å². The first kappa shape index (κ1) is 11.9. The van der Waals surface area contributed by atoms with Gasteiger partial charge in [0.1, 0.15) is 0 Å². The third-order valence-electron chi connectivity index (χ3n) is 3.61. The highest BCUT2D eigenvalue weighted by Crippen LogP contribution is 2.27. The highest BCUT2D eigenvalue weighted by atomic mass is 16.1. The van der Waals surface area contributed by atoms with Crippen molar-refractivity contribution in [1.82, 2.24) is 0 Å². The van der Waals surface area contributed by atoms with Gasteiger partial charge in [0.25, 0.3) is 0 Å². The molecule has 0 aliphatic heterocycles. The minimum atomic E-state index is 0.189. The van der Waals surface area contributed by atoms with Crippen molar-refractivity contribution < 1.29 is 4.79 Å². The highest BCUT2D eigenvalue weighted by Gasteiger charge is 2.21. The van der Waals surface area contributed by atoms with Gasteiger partial charge < -0.3 is 0 Å². The van der Waals surface area contributed by atoms with Crippen LogP contribution < -0.4 is 0 Å². The van der Waals surface area contributed by atoms with Crippen molar-refractivity contribution >= 4 is 11.9 Å². The summed E-state index contributed by atoms with van der Waals surface area (Å²) in [4.78, 5) is 12.5. The Balaban J connectivity index is 2.00. The second-order valence-electron chi connectivity index (χ2n) is 5.07. The van der Waals surface area contributed by atoms with Crippen molar-refractivity contribution in [3.8, 4) is 0 Å². The standard InChI is InChI=1S/C18H16O/c1-13-7-8-15-9-10-16(18(19)17(15)11-13)12-14-5-3-2-4-6-14/h2-8,11-12H,9-10H2,1H3/b16-12+. The molecule has 0 saturated heterocycles. The van der Waals surface area contributed by atoms with Gasteiger partial charge in [-0.1, -0.05) is 48.0 Å². The lowest BCUT2D eigenvalue weighted by molar-refractivity contribution is 0.102. The van der Waals surface area contributed by atoms with Gasteiger partial charge in [-0.2, -0.15) is 0 Å². The van der Waals surface area contributed by atoms with Crippen LogP contribution in [-0.4, -0.2) is 5.78 Å². The average molecular weight is 248 g/mol. The fraction of sp³-hybridized carbons (Fsp3) is 0.167. The Labute approximate surface area is 113 Å². The molecule has 2 aromatic rings. The molecule has 1 heteroatoms. The molecule has 3 rings (SSSR count). The molecule has 0 unspecified atom stereocenters. The minimum Gasteiger partial charge on any atom is -0.289 e. The second kappa shape index (κ2) is 4.85. The Kier molecular flexibility index (Phi) is 3.04. The number of hydrogen-bond acceptors (Lipinski definition) is 1. The van der Waals surface area contributed by atoms with E-state index in [1.165, 1.54) is 5.56 Å². The van der Waals surface area contributed by atoms with Gasteiger partial charge in [-0.05, 0) is 43.0 Å². The fourth-order valence-electron chi connectivity index (χ4n) is 2.56. The Bertz CT molecular complexity index is 651. The molecule has 0 amide bonds. The second-order valence-corrected chi connectivity index (χ2v) is 5.07. The summed E-state index contributed by atoms with van der Waals surface area (Å²) in [5.74, 6) is 0.189. The molecular formula is C18H16O. The van der Waals surface area contributed by atoms with Crippen LogP contribution in [0.2, 0.25) is 0 Å². The van der Waals surface area contributed by atoms with Gasteiger partial charge in [0, 0.05) is 11.1 Å². The van der Waals surface area contributed by atoms with E-state index in [0.717, 1.165) is 35.1 Å². The van der Waals surface area contributed by atoms with E-state index in [9.17, 15) is 4.79 Å². The van der Waals surface area contributed by atoms with Gasteiger partial charge in [-0.15, -0.1) is 0 Å². The number of carbonyl (C=O) groups excluding carboxylic acids is 1. The topological polar surface area (TPSA) is 17.1 Å². The van der Waals surface area contributed by atoms with Crippen LogP contribution in [0, 0.1) is 6.92 Å². The number of allylic oxidation sites excluding steroid dienone is 1. The molecule has 0 N–H and O–H groups in total. The first-order valence-electron chi connectivity index (χ1n) is 6.64. The molecule has 19 heavy (non-hydrogen) atoms. The Morgan fingerprint density at radius 2 is 1.79 bits per heavy atom. The largest absolute Gasteiger partial charge is 0.289 e. The molecule has 1 aliphatic carbocycles. The normalized spacial score (nSPS) is 16.5. The van der Waals surface area contributed by atoms with Crippen LogP contribution >= 0.6 is 0 Å². The summed E-state index contributed by atoms with van der Waals surface area (Å²) in [5.41, 5.74) is 5.23. The summed E-state index contributed by atoms with van der Waals surface area (Å²) in [6.45, 7) is 2.03. The van der Waals surface area contributed by atoms with Crippen molar-refractivity contribution in [3.63, 3.8) is 0 Å². The van der Waals surface area contributed by atoms with Crippen LogP contribution in [0.15, 0.2) is 54.1 Å². The molecule has 0 aromatic heterocycles. The maximum absolute atomic E-state index is 12.5. The smallest absolute Gasteiger partial charge is 0.189 e. The first-order chi connectivity index (χ1) is 9.24. The quantitative estimate of drug-likeness (QED) is 0.691. The van der Waals surface area contributed by atoms with Crippen LogP contribution in [0.5, 0.6) is 0 Å². The van der Waals surface area contributed by atoms with Gasteiger partial charge in [-0.3, -0.25) is 4.79 Å². The summed E-state index contributed by atoms with van der Waals surface area (Å²) in [5, 5.41) is 0. The highest BCUT2D eigenvalue weighted by molar-refractivity contribution is 6.13. The molecule has 0 saturated carbocycles. The van der Waals surface area contributed by atoms with Crippen LogP contribution in [-0.2, 0) is 6.42 Å². The summed E-state index contributed by atoms with van der Waals surface area (Å²) < 4.78 is 0. The summed E-state index contributed by atoms with van der Waals surface area (Å²) >= 11 is 0. The third-order valence-corrected chi connectivity index (χ3v) is 3.61. The van der Waals surface area contributed by atoms with Crippen molar-refractivity contribution in [3.05, 3.63) is 76.4 Å². The number of ketones is 1. The number of benzene rings is 2. The van der Waals surface area contributed by atoms with Gasteiger partial charge in [0.05, 0.1) is 0 Å². The van der Waals surface area contributed by atoms with Gasteiger partial charge in [-0.25, -0.2) is 0 Å². The Morgan fingerprint density at radius 3 is 2.58 bits per heavy atom. The molecule has 0 bridgehead atoms. The van der Waals surface area contributed by atoms with E-state index >= 15 is 0 Å². The molecule has 1 aliphatic rings. The molecule has 1 nitrogen and oxygen atoms in total. The van der Waals surface area contributed by atoms with E-state index in [0.29, 0.717) is 0 Å². The average Bonchev–Trinajstić information content (AvgIpc) is 2.44. The van der Waals surface area contributed by atoms with Crippen molar-refractivity contribution in [2.24, 2.45) is 0 Å². The fourth-order valence-corrected chi connectivity index (χ4v) is 2.56. The number of hydrogen-bond donors (Lipinski definition) is 0. The van der Waals surface area contributed by atoms with E-state index in [1.807, 2.05) is 49.4 Å². The molecule has 0 radical (unpaired) electrons. The van der Waals surface area contributed by atoms with E-state index in [1.54, 1.807) is 0 Å². The number of carbonyl (C=O) groups is 1. The van der Waals surface area contributed by atoms with E-state index in [4.69, 9.17) is 0 Å². The zero-order valence-corrected chi connectivity index (χ0v) is 11.0. The molecule has 0 atom stereocenters. The molecule has 0 fully saturated rings. The third kappa shape index (κ3) is 2.37.